The van der Waals surface area contributed by atoms with Gasteiger partial charge >= 0.3 is 12.5 Å². The van der Waals surface area contributed by atoms with E-state index in [-0.39, 0.29) is 42.3 Å². The molecule has 3 fully saturated rings. The zero-order valence-corrected chi connectivity index (χ0v) is 18.6. The summed E-state index contributed by atoms with van der Waals surface area (Å²) in [4.78, 5) is 22.6. The number of halogens is 5. The predicted octanol–water partition coefficient (Wildman–Crippen LogP) is 4.74. The van der Waals surface area contributed by atoms with Crippen LogP contribution in [0.5, 0.6) is 5.75 Å². The summed E-state index contributed by atoms with van der Waals surface area (Å²) in [6, 6.07) is 0.362. The Bertz CT molecular complexity index is 1240. The summed E-state index contributed by atoms with van der Waals surface area (Å²) >= 11 is 1.13. The average molecular weight is 520 g/mol. The number of alkyl halides is 5. The number of amides is 1. The van der Waals surface area contributed by atoms with Gasteiger partial charge in [0.2, 0.25) is 0 Å². The number of hydrogen-bond acceptors (Lipinski definition) is 8. The summed E-state index contributed by atoms with van der Waals surface area (Å²) in [5.74, 6) is -0.954. The second kappa shape index (κ2) is 8.48. The third-order valence-corrected chi connectivity index (χ3v) is 6.80. The van der Waals surface area contributed by atoms with E-state index in [2.05, 4.69) is 14.7 Å². The van der Waals surface area contributed by atoms with Gasteiger partial charge in [-0.15, -0.1) is 24.5 Å². The van der Waals surface area contributed by atoms with E-state index in [1.807, 2.05) is 0 Å². The molecule has 3 aromatic rings. The van der Waals surface area contributed by atoms with Gasteiger partial charge in [-0.1, -0.05) is 0 Å². The van der Waals surface area contributed by atoms with Crippen molar-refractivity contribution in [3.63, 3.8) is 0 Å². The van der Waals surface area contributed by atoms with Gasteiger partial charge in [0.1, 0.15) is 11.1 Å². The van der Waals surface area contributed by atoms with Gasteiger partial charge in [0.15, 0.2) is 16.8 Å². The van der Waals surface area contributed by atoms with Gasteiger partial charge in [0.05, 0.1) is 17.6 Å². The van der Waals surface area contributed by atoms with Crippen LogP contribution in [0.3, 0.4) is 0 Å². The van der Waals surface area contributed by atoms with Crippen molar-refractivity contribution in [3.05, 3.63) is 23.2 Å². The first-order chi connectivity index (χ1) is 16.6. The van der Waals surface area contributed by atoms with E-state index in [1.165, 1.54) is 11.1 Å². The molecular weight excluding hydrogens is 503 g/mol. The van der Waals surface area contributed by atoms with E-state index < -0.39 is 41.8 Å². The summed E-state index contributed by atoms with van der Waals surface area (Å²) in [6.07, 6.45) is -9.38. The highest BCUT2D eigenvalue weighted by Crippen LogP contribution is 2.46. The van der Waals surface area contributed by atoms with Gasteiger partial charge in [0, 0.05) is 37.3 Å². The van der Waals surface area contributed by atoms with Crippen LogP contribution in [0.1, 0.15) is 18.1 Å². The Morgan fingerprint density at radius 3 is 2.57 bits per heavy atom. The Labute approximate surface area is 197 Å². The minimum Gasteiger partial charge on any atom is -0.465 e. The lowest BCUT2D eigenvalue weighted by Gasteiger charge is -2.54. The zero-order valence-electron chi connectivity index (χ0n) is 17.8. The molecule has 1 N–H and O–H groups in total. The van der Waals surface area contributed by atoms with Gasteiger partial charge < -0.3 is 23.9 Å². The first-order valence-electron chi connectivity index (χ1n) is 10.3. The van der Waals surface area contributed by atoms with E-state index in [9.17, 15) is 31.9 Å². The fourth-order valence-corrected chi connectivity index (χ4v) is 5.25. The number of methoxy groups -OCH3 is 1. The highest BCUT2D eigenvalue weighted by Gasteiger charge is 2.48. The number of nitrogens with zero attached hydrogens (tertiary/aromatic N) is 4. The number of oxazole rings is 1. The van der Waals surface area contributed by atoms with Gasteiger partial charge in [-0.25, -0.2) is 18.6 Å². The Balaban J connectivity index is 1.67. The lowest BCUT2D eigenvalue weighted by Crippen LogP contribution is -2.70. The second-order valence-corrected chi connectivity index (χ2v) is 8.93. The van der Waals surface area contributed by atoms with E-state index in [4.69, 9.17) is 9.15 Å². The second-order valence-electron chi connectivity index (χ2n) is 8.03. The van der Waals surface area contributed by atoms with Crippen molar-refractivity contribution in [1.29, 1.82) is 0 Å². The normalized spacial score (nSPS) is 20.9. The lowest BCUT2D eigenvalue weighted by atomic mass is 9.88. The molecule has 1 amide bonds. The maximum absolute atomic E-state index is 13.7. The standard InChI is InChI=1S/C20H17F5N4O5S/c1-32-15(16(21)22)10-5-11(17-26-2-3-35-17)13-12(14(10)34-20(23,24)25)27-18(33-13)28-6-8-4-9(7-28)29(8)19(30)31/h2-3,5,8-9,15-16H,4,6-7H2,1H3,(H,30,31). The zero-order chi connectivity index (χ0) is 25.1. The molecule has 2 aromatic heterocycles. The van der Waals surface area contributed by atoms with Crippen molar-refractivity contribution >= 4 is 34.5 Å². The minimum absolute atomic E-state index is 0.0762. The van der Waals surface area contributed by atoms with Crippen LogP contribution >= 0.6 is 11.3 Å². The molecule has 5 heterocycles. The molecule has 2 bridgehead atoms. The quantitative estimate of drug-likeness (QED) is 0.465. The van der Waals surface area contributed by atoms with Crippen molar-refractivity contribution in [1.82, 2.24) is 14.9 Å². The molecule has 0 radical (unpaired) electrons. The molecule has 0 saturated carbocycles. The Morgan fingerprint density at radius 1 is 1.31 bits per heavy atom. The van der Waals surface area contributed by atoms with Crippen LogP contribution in [0.4, 0.5) is 32.8 Å². The number of carbonyl (C=O) groups is 1. The number of aromatic nitrogens is 2. The fourth-order valence-electron chi connectivity index (χ4n) is 4.60. The number of anilines is 1. The van der Waals surface area contributed by atoms with E-state index in [0.29, 0.717) is 11.4 Å². The van der Waals surface area contributed by atoms with E-state index in [1.54, 1.807) is 10.3 Å². The Morgan fingerprint density at radius 2 is 2.03 bits per heavy atom. The van der Waals surface area contributed by atoms with Crippen LogP contribution < -0.4 is 9.64 Å². The van der Waals surface area contributed by atoms with Crippen LogP contribution in [-0.4, -0.2) is 71.1 Å². The lowest BCUT2D eigenvalue weighted by molar-refractivity contribution is -0.274. The third kappa shape index (κ3) is 4.11. The molecule has 3 aliphatic rings. The van der Waals surface area contributed by atoms with Gasteiger partial charge in [-0.05, 0) is 12.5 Å². The van der Waals surface area contributed by atoms with E-state index >= 15 is 0 Å². The first kappa shape index (κ1) is 23.5. The molecule has 3 saturated heterocycles. The summed E-state index contributed by atoms with van der Waals surface area (Å²) < 4.78 is 82.3. The summed E-state index contributed by atoms with van der Waals surface area (Å²) in [6.45, 7) is 0.421. The van der Waals surface area contributed by atoms with E-state index in [0.717, 1.165) is 24.5 Å². The molecule has 1 aromatic carbocycles. The molecule has 0 aliphatic carbocycles. The third-order valence-electron chi connectivity index (χ3n) is 5.99. The van der Waals surface area contributed by atoms with Crippen LogP contribution in [-0.2, 0) is 4.74 Å². The highest BCUT2D eigenvalue weighted by molar-refractivity contribution is 7.13. The van der Waals surface area contributed by atoms with Crippen molar-refractivity contribution in [2.45, 2.75) is 37.4 Å². The Hall–Kier alpha value is -3.20. The SMILES string of the molecule is COC(c1cc(-c2nccs2)c2oc(N3CC4CC(C3)N4C(=O)O)nc2c1OC(F)(F)F)C(F)F. The largest absolute Gasteiger partial charge is 0.573 e. The number of hydrogen-bond donors (Lipinski definition) is 1. The van der Waals surface area contributed by atoms with Crippen LogP contribution in [0.15, 0.2) is 22.1 Å². The van der Waals surface area contributed by atoms with Gasteiger partial charge in [-0.2, -0.15) is 4.98 Å². The number of fused-ring (bicyclic) bond motifs is 3. The summed E-state index contributed by atoms with van der Waals surface area (Å²) in [5.41, 5.74) is -0.959. The average Bonchev–Trinajstić information content (AvgIpc) is 3.44. The van der Waals surface area contributed by atoms with Gasteiger partial charge in [0.25, 0.3) is 12.4 Å². The first-order valence-corrected chi connectivity index (χ1v) is 11.2. The molecular formula is C20H17F5N4O5S. The molecule has 35 heavy (non-hydrogen) atoms. The van der Waals surface area contributed by atoms with Crippen LogP contribution in [0.2, 0.25) is 0 Å². The topological polar surface area (TPSA) is 101 Å². The maximum atomic E-state index is 13.7. The van der Waals surface area contributed by atoms with Crippen LogP contribution in [0.25, 0.3) is 21.7 Å². The number of rotatable bonds is 6. The molecule has 3 atom stereocenters. The van der Waals surface area contributed by atoms with Crippen molar-refractivity contribution in [2.75, 3.05) is 25.1 Å². The molecule has 9 nitrogen and oxygen atoms in total. The maximum Gasteiger partial charge on any atom is 0.573 e. The van der Waals surface area contributed by atoms with Gasteiger partial charge in [-0.3, -0.25) is 4.90 Å². The molecule has 6 rings (SSSR count). The number of carboxylic acid groups (broad SMARTS) is 1. The molecule has 188 valence electrons. The summed E-state index contributed by atoms with van der Waals surface area (Å²) in [5, 5.41) is 11.2. The van der Waals surface area contributed by atoms with Crippen molar-refractivity contribution in [3.8, 4) is 16.3 Å². The minimum atomic E-state index is -5.21. The number of benzene rings is 1. The number of piperidine rings is 1. The number of thiazole rings is 1. The monoisotopic (exact) mass is 520 g/mol. The molecule has 3 aliphatic heterocycles. The van der Waals surface area contributed by atoms with Crippen molar-refractivity contribution < 1.29 is 45.7 Å². The van der Waals surface area contributed by atoms with Crippen LogP contribution in [0, 0.1) is 0 Å². The van der Waals surface area contributed by atoms with Crippen molar-refractivity contribution in [2.24, 2.45) is 0 Å². The Kier molecular flexibility index (Phi) is 5.70. The number of piperazine rings is 1. The highest BCUT2D eigenvalue weighted by atomic mass is 32.1. The molecule has 0 spiro atoms. The summed E-state index contributed by atoms with van der Waals surface area (Å²) in [7, 11) is 0.948. The predicted molar refractivity (Wildman–Crippen MR) is 112 cm³/mol. The molecule has 15 heteroatoms. The fraction of sp³-hybridized carbons (Fsp3) is 0.450. The number of ether oxygens (including phenoxy) is 2. The smallest absolute Gasteiger partial charge is 0.465 e. The molecule has 3 unspecified atom stereocenters.